The van der Waals surface area contributed by atoms with Gasteiger partial charge in [0.15, 0.2) is 0 Å². The Balaban J connectivity index is 1.50. The fourth-order valence-electron chi connectivity index (χ4n) is 5.04. The van der Waals surface area contributed by atoms with Crippen molar-refractivity contribution < 1.29 is 24.0 Å². The summed E-state index contributed by atoms with van der Waals surface area (Å²) in [6, 6.07) is 7.20. The van der Waals surface area contributed by atoms with Crippen molar-refractivity contribution in [3.8, 4) is 0 Å². The third-order valence-corrected chi connectivity index (χ3v) is 6.80. The van der Waals surface area contributed by atoms with Gasteiger partial charge < -0.3 is 20.5 Å². The first-order valence-corrected chi connectivity index (χ1v) is 12.3. The zero-order valence-corrected chi connectivity index (χ0v) is 20.1. The Morgan fingerprint density at radius 1 is 1.09 bits per heavy atom. The molecule has 3 amide bonds. The molecule has 2 aromatic rings. The van der Waals surface area contributed by atoms with E-state index >= 15 is 0 Å². The Morgan fingerprint density at radius 2 is 1.86 bits per heavy atom. The van der Waals surface area contributed by atoms with Crippen LogP contribution in [0, 0.1) is 5.92 Å². The van der Waals surface area contributed by atoms with Crippen molar-refractivity contribution in [3.63, 3.8) is 0 Å². The lowest BCUT2D eigenvalue weighted by Gasteiger charge is -2.26. The molecule has 1 saturated carbocycles. The zero-order valence-electron chi connectivity index (χ0n) is 20.1. The molecule has 35 heavy (non-hydrogen) atoms. The predicted octanol–water partition coefficient (Wildman–Crippen LogP) is 2.11. The summed E-state index contributed by atoms with van der Waals surface area (Å²) in [6.07, 6.45) is 3.03. The maximum absolute atomic E-state index is 13.3. The molecule has 1 aliphatic heterocycles. The highest BCUT2D eigenvalue weighted by atomic mass is 16.2. The molecule has 2 aliphatic rings. The third kappa shape index (κ3) is 5.44. The van der Waals surface area contributed by atoms with Crippen molar-refractivity contribution in [1.29, 1.82) is 0 Å². The van der Waals surface area contributed by atoms with Gasteiger partial charge in [0.05, 0.1) is 6.04 Å². The topological polar surface area (TPSA) is 128 Å². The number of benzene rings is 1. The summed E-state index contributed by atoms with van der Waals surface area (Å²) in [7, 11) is 0. The summed E-state index contributed by atoms with van der Waals surface area (Å²) in [4.78, 5) is 68.7. The van der Waals surface area contributed by atoms with Crippen LogP contribution in [0.15, 0.2) is 30.3 Å². The van der Waals surface area contributed by atoms with Crippen LogP contribution in [0.5, 0.6) is 0 Å². The molecule has 4 rings (SSSR count). The molecule has 1 saturated heterocycles. The minimum Gasteiger partial charge on any atom is -0.351 e. The van der Waals surface area contributed by atoms with Crippen LogP contribution in [-0.2, 0) is 19.2 Å². The summed E-state index contributed by atoms with van der Waals surface area (Å²) in [6.45, 7) is 3.90. The average Bonchev–Trinajstić information content (AvgIpc) is 3.56. The Kier molecular flexibility index (Phi) is 7.33. The van der Waals surface area contributed by atoms with Crippen LogP contribution in [0.25, 0.3) is 10.9 Å². The van der Waals surface area contributed by atoms with E-state index in [-0.39, 0.29) is 30.1 Å². The Hall–Kier alpha value is -3.49. The van der Waals surface area contributed by atoms with Crippen LogP contribution < -0.4 is 10.6 Å². The minimum absolute atomic E-state index is 0.0535. The van der Waals surface area contributed by atoms with Crippen LogP contribution in [0.1, 0.15) is 62.9 Å². The van der Waals surface area contributed by atoms with Crippen LogP contribution >= 0.6 is 0 Å². The van der Waals surface area contributed by atoms with Crippen molar-refractivity contribution in [2.24, 2.45) is 5.92 Å². The second-order valence-corrected chi connectivity index (χ2v) is 9.77. The van der Waals surface area contributed by atoms with E-state index in [1.54, 1.807) is 19.9 Å². The van der Waals surface area contributed by atoms with E-state index in [4.69, 9.17) is 0 Å². The van der Waals surface area contributed by atoms with Crippen LogP contribution in [0.3, 0.4) is 0 Å². The third-order valence-electron chi connectivity index (χ3n) is 6.80. The number of nitrogens with zero attached hydrogens (tertiary/aromatic N) is 1. The summed E-state index contributed by atoms with van der Waals surface area (Å²) in [5.74, 6) is -2.62. The van der Waals surface area contributed by atoms with Gasteiger partial charge in [0.25, 0.3) is 11.8 Å². The molecular formula is C26H32N4O5. The van der Waals surface area contributed by atoms with E-state index in [1.807, 2.05) is 24.3 Å². The van der Waals surface area contributed by atoms with E-state index in [0.717, 1.165) is 17.3 Å². The van der Waals surface area contributed by atoms with Gasteiger partial charge in [-0.1, -0.05) is 18.2 Å². The first-order valence-electron chi connectivity index (χ1n) is 12.3. The highest BCUT2D eigenvalue weighted by Crippen LogP contribution is 2.27. The van der Waals surface area contributed by atoms with Crippen molar-refractivity contribution in [2.75, 3.05) is 6.54 Å². The number of likely N-dealkylation sites (tertiary alicyclic amines) is 1. The number of ketones is 2. The van der Waals surface area contributed by atoms with E-state index in [9.17, 15) is 24.0 Å². The van der Waals surface area contributed by atoms with Gasteiger partial charge >= 0.3 is 0 Å². The summed E-state index contributed by atoms with van der Waals surface area (Å²) < 4.78 is 0. The Morgan fingerprint density at radius 3 is 2.54 bits per heavy atom. The number of fused-ring (bicyclic) bond motifs is 1. The quantitative estimate of drug-likeness (QED) is 0.499. The normalized spacial score (nSPS) is 20.9. The van der Waals surface area contributed by atoms with Crippen molar-refractivity contribution in [1.82, 2.24) is 20.5 Å². The highest BCUT2D eigenvalue weighted by molar-refractivity contribution is 6.38. The van der Waals surface area contributed by atoms with Crippen LogP contribution in [0.4, 0.5) is 0 Å². The number of amides is 3. The van der Waals surface area contributed by atoms with Gasteiger partial charge in [0.2, 0.25) is 11.7 Å². The van der Waals surface area contributed by atoms with Crippen molar-refractivity contribution >= 4 is 40.2 Å². The van der Waals surface area contributed by atoms with Crippen molar-refractivity contribution in [2.45, 2.75) is 70.5 Å². The summed E-state index contributed by atoms with van der Waals surface area (Å²) >= 11 is 0. The number of hydrogen-bond donors (Lipinski definition) is 3. The largest absolute Gasteiger partial charge is 0.351 e. The molecule has 9 heteroatoms. The molecule has 3 N–H and O–H groups in total. The van der Waals surface area contributed by atoms with Crippen LogP contribution in [0.2, 0.25) is 0 Å². The maximum Gasteiger partial charge on any atom is 0.289 e. The van der Waals surface area contributed by atoms with Gasteiger partial charge in [0, 0.05) is 35.8 Å². The van der Waals surface area contributed by atoms with Crippen molar-refractivity contribution in [3.05, 3.63) is 36.0 Å². The smallest absolute Gasteiger partial charge is 0.289 e. The molecule has 186 valence electrons. The van der Waals surface area contributed by atoms with Gasteiger partial charge in [-0.05, 0) is 58.1 Å². The van der Waals surface area contributed by atoms with Gasteiger partial charge in [-0.25, -0.2) is 0 Å². The van der Waals surface area contributed by atoms with Gasteiger partial charge in [-0.15, -0.1) is 0 Å². The molecule has 1 aliphatic carbocycles. The number of rotatable bonds is 8. The summed E-state index contributed by atoms with van der Waals surface area (Å²) in [5.41, 5.74) is 1.23. The lowest BCUT2D eigenvalue weighted by molar-refractivity contribution is -0.141. The van der Waals surface area contributed by atoms with E-state index in [0.29, 0.717) is 37.9 Å². The lowest BCUT2D eigenvalue weighted by Crippen LogP contribution is -2.54. The fraction of sp³-hybridized carbons (Fsp3) is 0.500. The minimum atomic E-state index is -1.11. The van der Waals surface area contributed by atoms with Crippen LogP contribution in [-0.4, -0.2) is 63.8 Å². The number of Topliss-reactive ketones (excluding diaryl/α,β-unsaturated/α-hetero) is 2. The number of para-hydroxylation sites is 1. The lowest BCUT2D eigenvalue weighted by atomic mass is 9.94. The molecule has 2 heterocycles. The number of aromatic amines is 1. The molecule has 9 nitrogen and oxygen atoms in total. The van der Waals surface area contributed by atoms with E-state index < -0.39 is 29.7 Å². The number of aromatic nitrogens is 1. The number of nitrogens with one attached hydrogen (secondary N) is 3. The highest BCUT2D eigenvalue weighted by Gasteiger charge is 2.39. The first kappa shape index (κ1) is 24.6. The number of H-pyrrole nitrogens is 1. The number of hydrogen-bond acceptors (Lipinski definition) is 5. The van der Waals surface area contributed by atoms with Gasteiger partial charge in [-0.3, -0.25) is 24.0 Å². The Bertz CT molecular complexity index is 1120. The molecular weight excluding hydrogens is 448 g/mol. The monoisotopic (exact) mass is 480 g/mol. The first-order chi connectivity index (χ1) is 16.7. The summed E-state index contributed by atoms with van der Waals surface area (Å²) in [5, 5.41) is 6.19. The standard InChI is InChI=1S/C26H32N4O5/c1-15(2)27-25(34)23(32)19(14-17-8-5-11-22(17)31)29-24(33)21-10-6-12-30(21)26(35)20-13-16-7-3-4-9-18(16)28-20/h3-4,7,9,13,15,17,19,21,28H,5-6,8,10-12,14H2,1-2H3,(H,27,34)(H,29,33)/t17-,19-,21-/m0/s1. The number of carbonyl (C=O) groups is 5. The maximum atomic E-state index is 13.3. The molecule has 2 fully saturated rings. The SMILES string of the molecule is CC(C)NC(=O)C(=O)[C@H](C[C@@H]1CCCC1=O)NC(=O)[C@@H]1CCCN1C(=O)c1cc2ccccc2[nH]1. The Labute approximate surface area is 204 Å². The van der Waals surface area contributed by atoms with Gasteiger partial charge in [0.1, 0.15) is 17.5 Å². The number of carbonyl (C=O) groups excluding carboxylic acids is 5. The molecule has 3 atom stereocenters. The second-order valence-electron chi connectivity index (χ2n) is 9.77. The molecule has 1 aromatic carbocycles. The molecule has 0 bridgehead atoms. The van der Waals surface area contributed by atoms with E-state index in [2.05, 4.69) is 15.6 Å². The molecule has 1 aromatic heterocycles. The second kappa shape index (κ2) is 10.4. The van der Waals surface area contributed by atoms with Gasteiger partial charge in [-0.2, -0.15) is 0 Å². The average molecular weight is 481 g/mol. The zero-order chi connectivity index (χ0) is 25.1. The molecule has 0 unspecified atom stereocenters. The van der Waals surface area contributed by atoms with E-state index in [1.165, 1.54) is 4.90 Å². The fourth-order valence-corrected chi connectivity index (χ4v) is 5.04. The molecule has 0 radical (unpaired) electrons. The molecule has 0 spiro atoms. The predicted molar refractivity (Wildman–Crippen MR) is 130 cm³/mol.